The predicted octanol–water partition coefficient (Wildman–Crippen LogP) is 9.46. The molecule has 0 aromatic rings. The van der Waals surface area contributed by atoms with Crippen LogP contribution in [-0.2, 0) is 4.79 Å². The third-order valence-electron chi connectivity index (χ3n) is 7.30. The van der Waals surface area contributed by atoms with Gasteiger partial charge in [-0.15, -0.1) is 0 Å². The van der Waals surface area contributed by atoms with E-state index in [9.17, 15) is 10.3 Å². The van der Waals surface area contributed by atoms with E-state index in [0.717, 1.165) is 50.7 Å². The SMILES string of the molecule is CCCCC(CC)C(=O)O.[N-]=[N+]=C1/C=C(/C2=CCCCCCCCCC2)CCCCCCCC1. The fourth-order valence-corrected chi connectivity index (χ4v) is 4.97. The molecule has 0 saturated heterocycles. The van der Waals surface area contributed by atoms with Gasteiger partial charge in [-0.05, 0) is 68.9 Å². The Morgan fingerprint density at radius 3 is 1.91 bits per heavy atom. The van der Waals surface area contributed by atoms with E-state index in [0.29, 0.717) is 0 Å². The largest absolute Gasteiger partial charge is 0.481 e. The molecule has 2 aliphatic carbocycles. The van der Waals surface area contributed by atoms with Crippen LogP contribution in [0.3, 0.4) is 0 Å². The molecule has 4 heteroatoms. The van der Waals surface area contributed by atoms with Crippen LogP contribution >= 0.6 is 0 Å². The Balaban J connectivity index is 0.000000489. The molecule has 0 spiro atoms. The van der Waals surface area contributed by atoms with Gasteiger partial charge in [0.05, 0.1) is 5.92 Å². The lowest BCUT2D eigenvalue weighted by Crippen LogP contribution is -2.11. The molecule has 0 radical (unpaired) electrons. The summed E-state index contributed by atoms with van der Waals surface area (Å²) >= 11 is 0. The molecule has 4 nitrogen and oxygen atoms in total. The molecule has 0 aromatic heterocycles. The molecule has 34 heavy (non-hydrogen) atoms. The number of carboxylic acid groups (broad SMARTS) is 1. The maximum atomic E-state index is 10.4. The molecule has 1 N–H and O–H groups in total. The molecule has 0 amide bonds. The average molecular weight is 473 g/mol. The van der Waals surface area contributed by atoms with E-state index in [-0.39, 0.29) is 5.92 Å². The molecule has 1 unspecified atom stereocenters. The van der Waals surface area contributed by atoms with Gasteiger partial charge in [-0.25, -0.2) is 0 Å². The smallest absolute Gasteiger partial charge is 0.306 e. The van der Waals surface area contributed by atoms with Crippen molar-refractivity contribution in [2.24, 2.45) is 5.92 Å². The highest BCUT2D eigenvalue weighted by Gasteiger charge is 2.14. The number of aliphatic carboxylic acids is 1. The van der Waals surface area contributed by atoms with Crippen molar-refractivity contribution in [2.45, 2.75) is 149 Å². The van der Waals surface area contributed by atoms with Crippen molar-refractivity contribution < 1.29 is 14.7 Å². The topological polar surface area (TPSA) is 73.7 Å². The van der Waals surface area contributed by atoms with Crippen molar-refractivity contribution in [2.75, 3.05) is 0 Å². The number of hydrogen-bond acceptors (Lipinski definition) is 1. The summed E-state index contributed by atoms with van der Waals surface area (Å²) in [5.74, 6) is -0.754. The highest BCUT2D eigenvalue weighted by molar-refractivity contribution is 5.91. The summed E-state index contributed by atoms with van der Waals surface area (Å²) in [6.45, 7) is 4.00. The van der Waals surface area contributed by atoms with Crippen molar-refractivity contribution in [3.8, 4) is 0 Å². The molecular formula is C30H52N2O2. The number of carbonyl (C=O) groups is 1. The van der Waals surface area contributed by atoms with Gasteiger partial charge in [0, 0.05) is 12.5 Å². The third-order valence-corrected chi connectivity index (χ3v) is 7.30. The Kier molecular flexibility index (Phi) is 18.5. The van der Waals surface area contributed by atoms with Crippen molar-refractivity contribution in [1.29, 1.82) is 0 Å². The fourth-order valence-electron chi connectivity index (χ4n) is 4.97. The first kappa shape index (κ1) is 30.4. The first-order chi connectivity index (χ1) is 16.6. The minimum Gasteiger partial charge on any atom is -0.481 e. The lowest BCUT2D eigenvalue weighted by molar-refractivity contribution is -0.142. The monoisotopic (exact) mass is 472 g/mol. The predicted molar refractivity (Wildman–Crippen MR) is 144 cm³/mol. The summed E-state index contributed by atoms with van der Waals surface area (Å²) in [7, 11) is 0. The number of rotatable bonds is 6. The number of carboxylic acids is 1. The van der Waals surface area contributed by atoms with E-state index < -0.39 is 5.97 Å². The van der Waals surface area contributed by atoms with Gasteiger partial charge >= 0.3 is 5.97 Å². The zero-order valence-electron chi connectivity index (χ0n) is 22.3. The Morgan fingerprint density at radius 2 is 1.38 bits per heavy atom. The van der Waals surface area contributed by atoms with Crippen molar-refractivity contribution in [3.63, 3.8) is 0 Å². The van der Waals surface area contributed by atoms with Gasteiger partial charge in [-0.2, -0.15) is 4.79 Å². The highest BCUT2D eigenvalue weighted by atomic mass is 16.4. The van der Waals surface area contributed by atoms with E-state index in [4.69, 9.17) is 5.11 Å². The second-order valence-corrected chi connectivity index (χ2v) is 10.2. The van der Waals surface area contributed by atoms with Crippen LogP contribution in [-0.4, -0.2) is 21.6 Å². The third kappa shape index (κ3) is 14.6. The van der Waals surface area contributed by atoms with Crippen LogP contribution in [0.25, 0.3) is 5.53 Å². The number of unbranched alkanes of at least 4 members (excludes halogenated alkanes) is 1. The first-order valence-corrected chi connectivity index (χ1v) is 14.5. The standard InChI is InChI=1S/C22H36N2.C8H16O2/c23-24-22-18-14-10-6-5-9-13-17-21(19-22)20-15-11-7-3-1-2-4-8-12-16-20;1-3-5-6-7(4-2)8(9)10/h15,19H,1-14,16-18H2;7H,3-6H2,1-2H3,(H,9,10)/b20-15?,21-19+;. The number of allylic oxidation sites excluding steroid dienone is 4. The molecule has 0 saturated carbocycles. The first-order valence-electron chi connectivity index (χ1n) is 14.5. The second kappa shape index (κ2) is 20.7. The van der Waals surface area contributed by atoms with Gasteiger partial charge in [0.15, 0.2) is 0 Å². The molecule has 0 fully saturated rings. The molecule has 2 aliphatic rings. The molecule has 2 rings (SSSR count). The van der Waals surface area contributed by atoms with Crippen LogP contribution in [0.2, 0.25) is 0 Å². The van der Waals surface area contributed by atoms with Gasteiger partial charge < -0.3 is 10.6 Å². The van der Waals surface area contributed by atoms with E-state index >= 15 is 0 Å². The summed E-state index contributed by atoms with van der Waals surface area (Å²) in [6.07, 6.45) is 30.3. The zero-order chi connectivity index (χ0) is 24.9. The van der Waals surface area contributed by atoms with Crippen LogP contribution in [0.15, 0.2) is 23.3 Å². The van der Waals surface area contributed by atoms with Crippen molar-refractivity contribution in [1.82, 2.24) is 0 Å². The van der Waals surface area contributed by atoms with E-state index in [1.807, 2.05) is 6.92 Å². The fraction of sp³-hybridized carbons (Fsp3) is 0.800. The summed E-state index contributed by atoms with van der Waals surface area (Å²) in [4.78, 5) is 14.0. The lowest BCUT2D eigenvalue weighted by Gasteiger charge is -2.12. The molecular weight excluding hydrogens is 420 g/mol. The zero-order valence-corrected chi connectivity index (χ0v) is 22.3. The summed E-state index contributed by atoms with van der Waals surface area (Å²) in [5, 5.41) is 8.60. The van der Waals surface area contributed by atoms with Crippen molar-refractivity contribution >= 4 is 11.7 Å². The van der Waals surface area contributed by atoms with Gasteiger partial charge in [0.2, 0.25) is 0 Å². The van der Waals surface area contributed by atoms with Gasteiger partial charge in [0.25, 0.3) is 5.71 Å². The average Bonchev–Trinajstić information content (AvgIpc) is 2.94. The summed E-state index contributed by atoms with van der Waals surface area (Å²) in [6, 6.07) is 0. The molecule has 194 valence electrons. The van der Waals surface area contributed by atoms with Crippen LogP contribution in [0.1, 0.15) is 149 Å². The van der Waals surface area contributed by atoms with Crippen LogP contribution in [0.5, 0.6) is 0 Å². The molecule has 0 aromatic carbocycles. The van der Waals surface area contributed by atoms with E-state index in [1.54, 1.807) is 5.57 Å². The Labute approximate surface area is 209 Å². The minimum absolute atomic E-state index is 0.111. The van der Waals surface area contributed by atoms with E-state index in [1.165, 1.54) is 95.5 Å². The normalized spacial score (nSPS) is 21.6. The van der Waals surface area contributed by atoms with Crippen molar-refractivity contribution in [3.05, 3.63) is 28.8 Å². The van der Waals surface area contributed by atoms with Crippen LogP contribution in [0, 0.1) is 5.92 Å². The van der Waals surface area contributed by atoms with Gasteiger partial charge in [-0.1, -0.05) is 90.6 Å². The second-order valence-electron chi connectivity index (χ2n) is 10.2. The van der Waals surface area contributed by atoms with Gasteiger partial charge in [-0.3, -0.25) is 4.79 Å². The molecule has 0 heterocycles. The maximum Gasteiger partial charge on any atom is 0.306 e. The molecule has 0 aliphatic heterocycles. The maximum absolute atomic E-state index is 10.4. The minimum atomic E-state index is -0.643. The summed E-state index contributed by atoms with van der Waals surface area (Å²) < 4.78 is 0. The van der Waals surface area contributed by atoms with Crippen LogP contribution < -0.4 is 0 Å². The Bertz CT molecular complexity index is 659. The number of hydrogen-bond donors (Lipinski definition) is 1. The molecule has 0 bridgehead atoms. The van der Waals surface area contributed by atoms with E-state index in [2.05, 4.69) is 23.9 Å². The lowest BCUT2D eigenvalue weighted by atomic mass is 9.92. The Hall–Kier alpha value is -1.67. The highest BCUT2D eigenvalue weighted by Crippen LogP contribution is 2.27. The summed E-state index contributed by atoms with van der Waals surface area (Å²) in [5.41, 5.74) is 13.3. The van der Waals surface area contributed by atoms with Gasteiger partial charge in [0.1, 0.15) is 0 Å². The quantitative estimate of drug-likeness (QED) is 0.309. The van der Waals surface area contributed by atoms with Crippen LogP contribution in [0.4, 0.5) is 0 Å². The molecule has 1 atom stereocenters. The Morgan fingerprint density at radius 1 is 0.853 bits per heavy atom. The number of nitrogens with zero attached hydrogens (tertiary/aromatic N) is 2.